The molecule has 2 heterocycles. The van der Waals surface area contributed by atoms with Gasteiger partial charge in [0.1, 0.15) is 5.82 Å². The van der Waals surface area contributed by atoms with Gasteiger partial charge in [0.05, 0.1) is 17.7 Å². The van der Waals surface area contributed by atoms with Crippen molar-refractivity contribution in [1.82, 2.24) is 25.1 Å². The number of likely N-dealkylation sites (tertiary alicyclic amines) is 1. The number of hydrogen-bond donors (Lipinski definition) is 1. The average molecular weight is 347 g/mol. The molecule has 7 heteroatoms. The van der Waals surface area contributed by atoms with Crippen molar-refractivity contribution in [2.45, 2.75) is 57.7 Å². The SMILES string of the molecule is CCC(C)(C)n1nnnc1[C@@H](c1ccc(F)cc1)N1CCC(O)CC1. The lowest BCUT2D eigenvalue weighted by Crippen LogP contribution is -2.41. The van der Waals surface area contributed by atoms with Gasteiger partial charge in [0.25, 0.3) is 0 Å². The van der Waals surface area contributed by atoms with E-state index >= 15 is 0 Å². The van der Waals surface area contributed by atoms with Crippen LogP contribution in [0.4, 0.5) is 4.39 Å². The minimum atomic E-state index is -0.259. The van der Waals surface area contributed by atoms with Crippen LogP contribution in [0.25, 0.3) is 0 Å². The summed E-state index contributed by atoms with van der Waals surface area (Å²) in [4.78, 5) is 2.27. The lowest BCUT2D eigenvalue weighted by atomic mass is 9.97. The summed E-state index contributed by atoms with van der Waals surface area (Å²) in [5.41, 5.74) is 0.743. The summed E-state index contributed by atoms with van der Waals surface area (Å²) in [6, 6.07) is 6.38. The van der Waals surface area contributed by atoms with Gasteiger partial charge in [0, 0.05) is 13.1 Å². The molecule has 6 nitrogen and oxygen atoms in total. The fourth-order valence-electron chi connectivity index (χ4n) is 3.26. The van der Waals surface area contributed by atoms with Crippen LogP contribution >= 0.6 is 0 Å². The predicted molar refractivity (Wildman–Crippen MR) is 92.5 cm³/mol. The monoisotopic (exact) mass is 347 g/mol. The van der Waals surface area contributed by atoms with Gasteiger partial charge < -0.3 is 5.11 Å². The Morgan fingerprint density at radius 1 is 1.24 bits per heavy atom. The molecule has 0 amide bonds. The fourth-order valence-corrected chi connectivity index (χ4v) is 3.26. The first-order valence-electron chi connectivity index (χ1n) is 8.88. The number of tetrazole rings is 1. The van der Waals surface area contributed by atoms with Crippen LogP contribution in [-0.4, -0.2) is 49.4 Å². The molecule has 2 aromatic rings. The quantitative estimate of drug-likeness (QED) is 0.900. The second kappa shape index (κ2) is 7.17. The average Bonchev–Trinajstić information content (AvgIpc) is 3.09. The second-order valence-corrected chi connectivity index (χ2v) is 7.34. The molecule has 0 spiro atoms. The van der Waals surface area contributed by atoms with E-state index in [0.717, 1.165) is 43.7 Å². The summed E-state index contributed by atoms with van der Waals surface area (Å²) in [7, 11) is 0. The van der Waals surface area contributed by atoms with Crippen LogP contribution in [0.5, 0.6) is 0 Å². The zero-order chi connectivity index (χ0) is 18.0. The van der Waals surface area contributed by atoms with Crippen LogP contribution < -0.4 is 0 Å². The Morgan fingerprint density at radius 2 is 1.88 bits per heavy atom. The van der Waals surface area contributed by atoms with E-state index in [-0.39, 0.29) is 23.5 Å². The third kappa shape index (κ3) is 3.72. The van der Waals surface area contributed by atoms with Crippen molar-refractivity contribution in [1.29, 1.82) is 0 Å². The number of aliphatic hydroxyl groups excluding tert-OH is 1. The van der Waals surface area contributed by atoms with E-state index in [1.54, 1.807) is 12.1 Å². The number of rotatable bonds is 5. The van der Waals surface area contributed by atoms with Crippen LogP contribution in [0.1, 0.15) is 57.5 Å². The molecule has 1 aliphatic heterocycles. The van der Waals surface area contributed by atoms with Gasteiger partial charge in [0.2, 0.25) is 0 Å². The Balaban J connectivity index is 2.03. The summed E-state index contributed by atoms with van der Waals surface area (Å²) < 4.78 is 15.3. The minimum Gasteiger partial charge on any atom is -0.393 e. The summed E-state index contributed by atoms with van der Waals surface area (Å²) in [5, 5.41) is 22.3. The van der Waals surface area contributed by atoms with Gasteiger partial charge in [-0.2, -0.15) is 0 Å². The maximum absolute atomic E-state index is 13.4. The van der Waals surface area contributed by atoms with Gasteiger partial charge in [-0.05, 0) is 61.2 Å². The van der Waals surface area contributed by atoms with Gasteiger partial charge in [-0.1, -0.05) is 19.1 Å². The van der Waals surface area contributed by atoms with E-state index in [1.165, 1.54) is 12.1 Å². The molecule has 1 N–H and O–H groups in total. The highest BCUT2D eigenvalue weighted by Crippen LogP contribution is 2.32. The fraction of sp³-hybridized carbons (Fsp3) is 0.611. The van der Waals surface area contributed by atoms with E-state index < -0.39 is 0 Å². The van der Waals surface area contributed by atoms with Crippen molar-refractivity contribution in [3.63, 3.8) is 0 Å². The number of aliphatic hydroxyl groups is 1. The third-order valence-electron chi connectivity index (χ3n) is 5.23. The highest BCUT2D eigenvalue weighted by molar-refractivity contribution is 5.26. The normalized spacial score (nSPS) is 18.4. The zero-order valence-electron chi connectivity index (χ0n) is 15.1. The van der Waals surface area contributed by atoms with Gasteiger partial charge in [0.15, 0.2) is 5.82 Å². The predicted octanol–water partition coefficient (Wildman–Crippen LogP) is 2.50. The lowest BCUT2D eigenvalue weighted by molar-refractivity contribution is 0.0646. The minimum absolute atomic E-state index is 0.158. The topological polar surface area (TPSA) is 67.1 Å². The first kappa shape index (κ1) is 17.9. The molecule has 1 aromatic heterocycles. The molecule has 0 saturated carbocycles. The Bertz CT molecular complexity index is 692. The second-order valence-electron chi connectivity index (χ2n) is 7.34. The largest absolute Gasteiger partial charge is 0.393 e. The van der Waals surface area contributed by atoms with Crippen molar-refractivity contribution < 1.29 is 9.50 Å². The molecule has 1 saturated heterocycles. The standard InChI is InChI=1S/C18H26FN5O/c1-4-18(2,3)24-17(20-21-22-24)16(13-5-7-14(19)8-6-13)23-11-9-15(25)10-12-23/h5-8,15-16,25H,4,9-12H2,1-3H3/t16-/m1/s1. The number of hydrogen-bond acceptors (Lipinski definition) is 5. The Kier molecular flexibility index (Phi) is 5.15. The lowest BCUT2D eigenvalue weighted by Gasteiger charge is -2.37. The van der Waals surface area contributed by atoms with E-state index in [0.29, 0.717) is 0 Å². The summed E-state index contributed by atoms with van der Waals surface area (Å²) in [6.07, 6.45) is 2.07. The molecule has 1 aliphatic rings. The number of nitrogens with zero attached hydrogens (tertiary/aromatic N) is 5. The molecule has 136 valence electrons. The molecule has 0 aliphatic carbocycles. The zero-order valence-corrected chi connectivity index (χ0v) is 15.1. The maximum atomic E-state index is 13.4. The summed E-state index contributed by atoms with van der Waals surface area (Å²) in [5.74, 6) is 0.500. The van der Waals surface area contributed by atoms with Crippen molar-refractivity contribution in [3.8, 4) is 0 Å². The molecule has 0 bridgehead atoms. The molecular weight excluding hydrogens is 321 g/mol. The van der Waals surface area contributed by atoms with Crippen molar-refractivity contribution in [2.75, 3.05) is 13.1 Å². The van der Waals surface area contributed by atoms with Crippen LogP contribution in [0.3, 0.4) is 0 Å². The maximum Gasteiger partial charge on any atom is 0.173 e. The van der Waals surface area contributed by atoms with Gasteiger partial charge >= 0.3 is 0 Å². The van der Waals surface area contributed by atoms with Crippen LogP contribution in [0.2, 0.25) is 0 Å². The molecule has 3 rings (SSSR count). The number of piperidine rings is 1. The summed E-state index contributed by atoms with van der Waals surface area (Å²) >= 11 is 0. The number of benzene rings is 1. The summed E-state index contributed by atoms with van der Waals surface area (Å²) in [6.45, 7) is 7.82. The van der Waals surface area contributed by atoms with Crippen molar-refractivity contribution in [2.24, 2.45) is 0 Å². The molecular formula is C18H26FN5O. The van der Waals surface area contributed by atoms with Crippen LogP contribution in [-0.2, 0) is 5.54 Å². The first-order chi connectivity index (χ1) is 11.9. The third-order valence-corrected chi connectivity index (χ3v) is 5.23. The van der Waals surface area contributed by atoms with E-state index in [1.807, 2.05) is 4.68 Å². The van der Waals surface area contributed by atoms with E-state index in [2.05, 4.69) is 41.2 Å². The van der Waals surface area contributed by atoms with E-state index in [9.17, 15) is 9.50 Å². The smallest absolute Gasteiger partial charge is 0.173 e. The van der Waals surface area contributed by atoms with Gasteiger partial charge in [-0.25, -0.2) is 9.07 Å². The Labute approximate surface area is 147 Å². The Morgan fingerprint density at radius 3 is 2.48 bits per heavy atom. The van der Waals surface area contributed by atoms with Crippen LogP contribution in [0, 0.1) is 5.82 Å². The number of aromatic nitrogens is 4. The van der Waals surface area contributed by atoms with Gasteiger partial charge in [-0.15, -0.1) is 5.10 Å². The van der Waals surface area contributed by atoms with E-state index in [4.69, 9.17) is 0 Å². The molecule has 0 unspecified atom stereocenters. The molecule has 25 heavy (non-hydrogen) atoms. The van der Waals surface area contributed by atoms with Crippen molar-refractivity contribution >= 4 is 0 Å². The molecule has 1 aromatic carbocycles. The number of halogens is 1. The highest BCUT2D eigenvalue weighted by Gasteiger charge is 2.34. The molecule has 0 radical (unpaired) electrons. The molecule has 1 fully saturated rings. The first-order valence-corrected chi connectivity index (χ1v) is 8.88. The molecule has 1 atom stereocenters. The Hall–Kier alpha value is -1.86. The van der Waals surface area contributed by atoms with Crippen molar-refractivity contribution in [3.05, 3.63) is 41.5 Å². The highest BCUT2D eigenvalue weighted by atomic mass is 19.1. The van der Waals surface area contributed by atoms with Gasteiger partial charge in [-0.3, -0.25) is 4.90 Å². The van der Waals surface area contributed by atoms with Crippen LogP contribution in [0.15, 0.2) is 24.3 Å².